The van der Waals surface area contributed by atoms with Crippen LogP contribution in [0.15, 0.2) is 71.2 Å². The minimum Gasteiger partial charge on any atom is -0.492 e. The highest BCUT2D eigenvalue weighted by Crippen LogP contribution is 2.24. The molecule has 0 aliphatic carbocycles. The highest BCUT2D eigenvalue weighted by Gasteiger charge is 2.15. The molecule has 0 unspecified atom stereocenters. The van der Waals surface area contributed by atoms with Gasteiger partial charge in [-0.3, -0.25) is 14.9 Å². The van der Waals surface area contributed by atoms with Gasteiger partial charge in [-0.1, -0.05) is 52.3 Å². The van der Waals surface area contributed by atoms with Crippen LogP contribution in [0.5, 0.6) is 5.75 Å². The van der Waals surface area contributed by atoms with Crippen LogP contribution in [0.25, 0.3) is 0 Å². The van der Waals surface area contributed by atoms with E-state index in [9.17, 15) is 9.59 Å². The Balaban J connectivity index is 1.65. The summed E-state index contributed by atoms with van der Waals surface area (Å²) in [5.74, 6) is -0.0870. The summed E-state index contributed by atoms with van der Waals surface area (Å²) in [5.41, 5.74) is 3.75. The lowest BCUT2D eigenvalue weighted by Crippen LogP contribution is -2.34. The first-order valence-corrected chi connectivity index (χ1v) is 11.5. The van der Waals surface area contributed by atoms with E-state index in [2.05, 4.69) is 31.9 Å². The summed E-state index contributed by atoms with van der Waals surface area (Å²) in [6, 6.07) is 20.7. The molecular weight excluding hydrogens is 502 g/mol. The quantitative estimate of drug-likeness (QED) is 0.356. The SMILES string of the molecule is CC(=O)Nc1cc(NC(=S)NC(=O)c2cc(Br)ccc2OCCc2ccccc2)ccc1C. The van der Waals surface area contributed by atoms with Crippen molar-refractivity contribution in [2.45, 2.75) is 20.3 Å². The van der Waals surface area contributed by atoms with Gasteiger partial charge in [-0.2, -0.15) is 0 Å². The molecule has 0 heterocycles. The van der Waals surface area contributed by atoms with Crippen LogP contribution in [0.2, 0.25) is 0 Å². The third-order valence-corrected chi connectivity index (χ3v) is 5.41. The van der Waals surface area contributed by atoms with Crippen LogP contribution in [-0.2, 0) is 11.2 Å². The maximum absolute atomic E-state index is 12.9. The molecule has 2 amide bonds. The number of carbonyl (C=O) groups excluding carboxylic acids is 2. The van der Waals surface area contributed by atoms with Gasteiger partial charge in [0.25, 0.3) is 5.91 Å². The molecule has 3 rings (SSSR count). The Hall–Kier alpha value is -3.23. The number of carbonyl (C=O) groups is 2. The average molecular weight is 526 g/mol. The highest BCUT2D eigenvalue weighted by molar-refractivity contribution is 9.10. The number of rotatable bonds is 7. The van der Waals surface area contributed by atoms with Gasteiger partial charge in [-0.05, 0) is 60.6 Å². The molecule has 0 radical (unpaired) electrons. The Labute approximate surface area is 206 Å². The van der Waals surface area contributed by atoms with Gasteiger partial charge in [-0.15, -0.1) is 0 Å². The maximum atomic E-state index is 12.9. The van der Waals surface area contributed by atoms with Crippen LogP contribution >= 0.6 is 28.1 Å². The minimum absolute atomic E-state index is 0.132. The molecule has 0 bridgehead atoms. The summed E-state index contributed by atoms with van der Waals surface area (Å²) in [7, 11) is 0. The molecule has 0 saturated heterocycles. The lowest BCUT2D eigenvalue weighted by Gasteiger charge is -2.15. The molecule has 0 spiro atoms. The summed E-state index contributed by atoms with van der Waals surface area (Å²) in [6.07, 6.45) is 0.724. The number of hydrogen-bond acceptors (Lipinski definition) is 4. The molecule has 0 aliphatic rings. The van der Waals surface area contributed by atoms with E-state index >= 15 is 0 Å². The lowest BCUT2D eigenvalue weighted by atomic mass is 10.1. The summed E-state index contributed by atoms with van der Waals surface area (Å²) in [5, 5.41) is 8.57. The molecule has 0 saturated carbocycles. The van der Waals surface area contributed by atoms with Crippen molar-refractivity contribution in [3.8, 4) is 5.75 Å². The predicted molar refractivity (Wildman–Crippen MR) is 139 cm³/mol. The van der Waals surface area contributed by atoms with Crippen molar-refractivity contribution in [2.75, 3.05) is 17.2 Å². The van der Waals surface area contributed by atoms with Crippen molar-refractivity contribution in [2.24, 2.45) is 0 Å². The second-order valence-electron chi connectivity index (χ2n) is 7.34. The first-order chi connectivity index (χ1) is 15.8. The third-order valence-electron chi connectivity index (χ3n) is 4.71. The Morgan fingerprint density at radius 1 is 1.00 bits per heavy atom. The average Bonchev–Trinajstić information content (AvgIpc) is 2.77. The van der Waals surface area contributed by atoms with E-state index in [1.54, 1.807) is 18.2 Å². The fourth-order valence-corrected chi connectivity index (χ4v) is 3.66. The number of thiocarbonyl (C=S) groups is 1. The van der Waals surface area contributed by atoms with E-state index in [-0.39, 0.29) is 11.0 Å². The number of benzene rings is 3. The van der Waals surface area contributed by atoms with Crippen molar-refractivity contribution < 1.29 is 14.3 Å². The van der Waals surface area contributed by atoms with Gasteiger partial charge in [-0.25, -0.2) is 0 Å². The number of ether oxygens (including phenoxy) is 1. The fourth-order valence-electron chi connectivity index (χ4n) is 3.09. The van der Waals surface area contributed by atoms with Crippen LogP contribution in [-0.4, -0.2) is 23.5 Å². The van der Waals surface area contributed by atoms with Gasteiger partial charge in [0, 0.05) is 29.2 Å². The first-order valence-electron chi connectivity index (χ1n) is 10.3. The molecule has 0 aliphatic heterocycles. The van der Waals surface area contributed by atoms with Crippen LogP contribution in [0.1, 0.15) is 28.4 Å². The predicted octanol–water partition coefficient (Wildman–Crippen LogP) is 5.46. The summed E-state index contributed by atoms with van der Waals surface area (Å²) in [6.45, 7) is 3.77. The van der Waals surface area contributed by atoms with Gasteiger partial charge < -0.3 is 15.4 Å². The maximum Gasteiger partial charge on any atom is 0.261 e. The van der Waals surface area contributed by atoms with Gasteiger partial charge in [0.05, 0.1) is 12.2 Å². The molecule has 3 aromatic carbocycles. The zero-order valence-electron chi connectivity index (χ0n) is 18.3. The first kappa shape index (κ1) is 24.4. The van der Waals surface area contributed by atoms with E-state index in [0.717, 1.165) is 22.0 Å². The zero-order valence-corrected chi connectivity index (χ0v) is 20.7. The summed E-state index contributed by atoms with van der Waals surface area (Å²) in [4.78, 5) is 24.3. The normalized spacial score (nSPS) is 10.3. The molecule has 0 fully saturated rings. The van der Waals surface area contributed by atoms with E-state index in [1.807, 2.05) is 55.5 Å². The number of aryl methyl sites for hydroxylation is 1. The van der Waals surface area contributed by atoms with E-state index in [1.165, 1.54) is 6.92 Å². The van der Waals surface area contributed by atoms with Crippen molar-refractivity contribution >= 4 is 56.4 Å². The van der Waals surface area contributed by atoms with Crippen LogP contribution in [0.3, 0.4) is 0 Å². The standard InChI is InChI=1S/C25H24BrN3O3S/c1-16-8-10-20(15-22(16)27-17(2)30)28-25(33)29-24(31)21-14-19(26)9-11-23(21)32-13-12-18-6-4-3-5-7-18/h3-11,14-15H,12-13H2,1-2H3,(H,27,30)(H2,28,29,31,33). The van der Waals surface area contributed by atoms with Crippen LogP contribution in [0, 0.1) is 6.92 Å². The molecular formula is C25H24BrN3O3S. The number of nitrogens with one attached hydrogen (secondary N) is 3. The monoisotopic (exact) mass is 525 g/mol. The second-order valence-corrected chi connectivity index (χ2v) is 8.67. The van der Waals surface area contributed by atoms with E-state index in [0.29, 0.717) is 29.3 Å². The Bertz CT molecular complexity index is 1170. The van der Waals surface area contributed by atoms with Crippen molar-refractivity contribution in [3.05, 3.63) is 87.9 Å². The Kier molecular flexibility index (Phi) is 8.57. The van der Waals surface area contributed by atoms with Crippen LogP contribution < -0.4 is 20.7 Å². The second kappa shape index (κ2) is 11.6. The Morgan fingerprint density at radius 2 is 1.76 bits per heavy atom. The molecule has 170 valence electrons. The topological polar surface area (TPSA) is 79.5 Å². The van der Waals surface area contributed by atoms with E-state index < -0.39 is 5.91 Å². The molecule has 8 heteroatoms. The number of hydrogen-bond donors (Lipinski definition) is 3. The van der Waals surface area contributed by atoms with Crippen LogP contribution in [0.4, 0.5) is 11.4 Å². The fraction of sp³-hybridized carbons (Fsp3) is 0.160. The molecule has 3 N–H and O–H groups in total. The van der Waals surface area contributed by atoms with Crippen molar-refractivity contribution in [1.82, 2.24) is 5.32 Å². The molecule has 0 aromatic heterocycles. The third kappa shape index (κ3) is 7.40. The molecule has 3 aromatic rings. The lowest BCUT2D eigenvalue weighted by molar-refractivity contribution is -0.114. The summed E-state index contributed by atoms with van der Waals surface area (Å²) < 4.78 is 6.65. The highest BCUT2D eigenvalue weighted by atomic mass is 79.9. The number of anilines is 2. The van der Waals surface area contributed by atoms with Crippen molar-refractivity contribution in [1.29, 1.82) is 0 Å². The molecule has 33 heavy (non-hydrogen) atoms. The summed E-state index contributed by atoms with van der Waals surface area (Å²) >= 11 is 8.73. The van der Waals surface area contributed by atoms with Crippen molar-refractivity contribution in [3.63, 3.8) is 0 Å². The van der Waals surface area contributed by atoms with Gasteiger partial charge in [0.15, 0.2) is 5.11 Å². The molecule has 0 atom stereocenters. The zero-order chi connectivity index (χ0) is 23.8. The smallest absolute Gasteiger partial charge is 0.261 e. The largest absolute Gasteiger partial charge is 0.492 e. The van der Waals surface area contributed by atoms with Gasteiger partial charge in [0.1, 0.15) is 5.75 Å². The van der Waals surface area contributed by atoms with Gasteiger partial charge >= 0.3 is 0 Å². The number of halogens is 1. The Morgan fingerprint density at radius 3 is 2.48 bits per heavy atom. The number of amides is 2. The molecule has 6 nitrogen and oxygen atoms in total. The van der Waals surface area contributed by atoms with Gasteiger partial charge in [0.2, 0.25) is 5.91 Å². The van der Waals surface area contributed by atoms with E-state index in [4.69, 9.17) is 17.0 Å². The minimum atomic E-state index is -0.391.